The smallest absolute Gasteiger partial charge is 0.440 e. The molecule has 1 aromatic carbocycles. The van der Waals surface area contributed by atoms with Crippen molar-refractivity contribution in [1.29, 1.82) is 0 Å². The number of rotatable bonds is 2. The lowest BCUT2D eigenvalue weighted by Gasteiger charge is -2.06. The summed E-state index contributed by atoms with van der Waals surface area (Å²) >= 11 is 11.4. The molecule has 1 aromatic rings. The molecule has 0 radical (unpaired) electrons. The molecular weight excluding hydrogens is 269 g/mol. The number of halogens is 2. The van der Waals surface area contributed by atoms with Crippen molar-refractivity contribution < 1.29 is 19.2 Å². The molecule has 0 heterocycles. The molecule has 1 N–H and O–H groups in total. The minimum Gasteiger partial charge on any atom is -0.448 e. The van der Waals surface area contributed by atoms with Gasteiger partial charge in [0.15, 0.2) is 0 Å². The molecular formula is C10H9Cl2NO4. The summed E-state index contributed by atoms with van der Waals surface area (Å²) < 4.78 is 4.50. The van der Waals surface area contributed by atoms with E-state index in [4.69, 9.17) is 23.2 Å². The van der Waals surface area contributed by atoms with Gasteiger partial charge in [0.25, 0.3) is 0 Å². The molecule has 92 valence electrons. The van der Waals surface area contributed by atoms with E-state index >= 15 is 0 Å². The lowest BCUT2D eigenvalue weighted by atomic mass is 10.2. The fourth-order valence-corrected chi connectivity index (χ4v) is 1.44. The Kier molecular flexibility index (Phi) is 5.06. The van der Waals surface area contributed by atoms with Crippen molar-refractivity contribution in [3.05, 3.63) is 33.8 Å². The summed E-state index contributed by atoms with van der Waals surface area (Å²) in [5.74, 6) is -0.806. The van der Waals surface area contributed by atoms with Gasteiger partial charge in [0, 0.05) is 5.02 Å². The molecule has 0 saturated heterocycles. The number of hydrogen-bond donors (Lipinski definition) is 1. The van der Waals surface area contributed by atoms with E-state index in [1.807, 2.05) is 5.48 Å². The zero-order chi connectivity index (χ0) is 12.8. The Morgan fingerprint density at radius 3 is 2.65 bits per heavy atom. The first-order chi connectivity index (χ1) is 8.04. The Balaban J connectivity index is 2.61. The maximum atomic E-state index is 11.5. The van der Waals surface area contributed by atoms with E-state index in [2.05, 4.69) is 9.57 Å². The zero-order valence-corrected chi connectivity index (χ0v) is 10.3. The highest BCUT2D eigenvalue weighted by molar-refractivity contribution is 6.36. The van der Waals surface area contributed by atoms with Crippen LogP contribution in [0.5, 0.6) is 0 Å². The molecule has 7 heteroatoms. The molecule has 0 aromatic heterocycles. The quantitative estimate of drug-likeness (QED) is 0.845. The fraction of sp³-hybridized carbons (Fsp3) is 0.200. The van der Waals surface area contributed by atoms with E-state index in [-0.39, 0.29) is 17.2 Å². The summed E-state index contributed by atoms with van der Waals surface area (Å²) in [5, 5.41) is 0.526. The Morgan fingerprint density at radius 2 is 2.06 bits per heavy atom. The van der Waals surface area contributed by atoms with Crippen LogP contribution in [0, 0.1) is 0 Å². The van der Waals surface area contributed by atoms with Crippen LogP contribution in [0.25, 0.3) is 0 Å². The normalized spacial score (nSPS) is 9.59. The van der Waals surface area contributed by atoms with Gasteiger partial charge in [-0.1, -0.05) is 23.2 Å². The number of nitrogens with one attached hydrogen (secondary N) is 1. The predicted molar refractivity (Wildman–Crippen MR) is 62.0 cm³/mol. The van der Waals surface area contributed by atoms with Crippen LogP contribution in [0.3, 0.4) is 0 Å². The second-order valence-corrected chi connectivity index (χ2v) is 3.68. The standard InChI is InChI=1S/C10H9Cl2NO4/c1-2-16-10(15)13-17-9(14)7-4-3-6(11)5-8(7)12/h3-5H,2H2,1H3,(H,13,15). The van der Waals surface area contributed by atoms with Gasteiger partial charge in [-0.2, -0.15) is 0 Å². The topological polar surface area (TPSA) is 64.6 Å². The van der Waals surface area contributed by atoms with E-state index < -0.39 is 12.1 Å². The van der Waals surface area contributed by atoms with Crippen LogP contribution in [-0.2, 0) is 9.57 Å². The van der Waals surface area contributed by atoms with Crippen molar-refractivity contribution in [3.8, 4) is 0 Å². The molecule has 0 saturated carbocycles. The number of hydroxylamine groups is 1. The average molecular weight is 278 g/mol. The summed E-state index contributed by atoms with van der Waals surface area (Å²) in [6.45, 7) is 1.79. The molecule has 0 fully saturated rings. The molecule has 5 nitrogen and oxygen atoms in total. The van der Waals surface area contributed by atoms with Gasteiger partial charge >= 0.3 is 12.1 Å². The van der Waals surface area contributed by atoms with Crippen molar-refractivity contribution in [2.45, 2.75) is 6.92 Å². The SMILES string of the molecule is CCOC(=O)NOC(=O)c1ccc(Cl)cc1Cl. The van der Waals surface area contributed by atoms with Gasteiger partial charge in [-0.15, -0.1) is 5.48 Å². The highest BCUT2D eigenvalue weighted by Gasteiger charge is 2.14. The Bertz CT molecular complexity index is 436. The first kappa shape index (κ1) is 13.6. The number of hydrogen-bond acceptors (Lipinski definition) is 4. The monoisotopic (exact) mass is 277 g/mol. The Hall–Kier alpha value is -1.46. The van der Waals surface area contributed by atoms with Gasteiger partial charge in [-0.25, -0.2) is 9.59 Å². The van der Waals surface area contributed by atoms with Crippen molar-refractivity contribution in [2.75, 3.05) is 6.61 Å². The van der Waals surface area contributed by atoms with Gasteiger partial charge in [-0.05, 0) is 25.1 Å². The van der Waals surface area contributed by atoms with E-state index in [9.17, 15) is 9.59 Å². The van der Waals surface area contributed by atoms with E-state index in [1.165, 1.54) is 18.2 Å². The van der Waals surface area contributed by atoms with Gasteiger partial charge < -0.3 is 9.57 Å². The zero-order valence-electron chi connectivity index (χ0n) is 8.83. The highest BCUT2D eigenvalue weighted by Crippen LogP contribution is 2.21. The van der Waals surface area contributed by atoms with Crippen LogP contribution in [-0.4, -0.2) is 18.7 Å². The third kappa shape index (κ3) is 4.13. The Morgan fingerprint density at radius 1 is 1.35 bits per heavy atom. The first-order valence-electron chi connectivity index (χ1n) is 4.63. The third-order valence-corrected chi connectivity index (χ3v) is 2.20. The summed E-state index contributed by atoms with van der Waals surface area (Å²) in [4.78, 5) is 26.8. The fourth-order valence-electron chi connectivity index (χ4n) is 0.959. The molecule has 1 amide bonds. The largest absolute Gasteiger partial charge is 0.448 e. The minimum absolute atomic E-state index is 0.0906. The van der Waals surface area contributed by atoms with Crippen LogP contribution in [0.2, 0.25) is 10.0 Å². The van der Waals surface area contributed by atoms with Gasteiger partial charge in [0.1, 0.15) is 0 Å². The minimum atomic E-state index is -0.856. The first-order valence-corrected chi connectivity index (χ1v) is 5.39. The van der Waals surface area contributed by atoms with Crippen molar-refractivity contribution in [2.24, 2.45) is 0 Å². The van der Waals surface area contributed by atoms with E-state index in [0.717, 1.165) is 0 Å². The Labute approximate surface area is 108 Å². The van der Waals surface area contributed by atoms with Crippen LogP contribution < -0.4 is 5.48 Å². The number of ether oxygens (including phenoxy) is 1. The van der Waals surface area contributed by atoms with E-state index in [1.54, 1.807) is 6.92 Å². The van der Waals surface area contributed by atoms with Crippen LogP contribution in [0.1, 0.15) is 17.3 Å². The summed E-state index contributed by atoms with van der Waals surface area (Å²) in [6, 6.07) is 4.26. The lowest BCUT2D eigenvalue weighted by Crippen LogP contribution is -2.27. The molecule has 0 spiro atoms. The molecule has 0 unspecified atom stereocenters. The summed E-state index contributed by atoms with van der Waals surface area (Å²) in [6.07, 6.45) is -0.856. The molecule has 17 heavy (non-hydrogen) atoms. The van der Waals surface area contributed by atoms with E-state index in [0.29, 0.717) is 5.02 Å². The molecule has 0 aliphatic rings. The van der Waals surface area contributed by atoms with Gasteiger partial charge in [0.05, 0.1) is 17.2 Å². The average Bonchev–Trinajstić information content (AvgIpc) is 2.26. The maximum Gasteiger partial charge on any atom is 0.440 e. The maximum absolute atomic E-state index is 11.5. The number of benzene rings is 1. The lowest BCUT2D eigenvalue weighted by molar-refractivity contribution is 0.0215. The third-order valence-electron chi connectivity index (χ3n) is 1.65. The molecule has 0 bridgehead atoms. The second kappa shape index (κ2) is 6.32. The van der Waals surface area contributed by atoms with Gasteiger partial charge in [-0.3, -0.25) is 0 Å². The summed E-state index contributed by atoms with van der Waals surface area (Å²) in [7, 11) is 0. The van der Waals surface area contributed by atoms with Crippen LogP contribution in [0.4, 0.5) is 4.79 Å². The van der Waals surface area contributed by atoms with Gasteiger partial charge in [0.2, 0.25) is 0 Å². The number of amides is 1. The highest BCUT2D eigenvalue weighted by atomic mass is 35.5. The van der Waals surface area contributed by atoms with Crippen molar-refractivity contribution >= 4 is 35.3 Å². The molecule has 0 aliphatic heterocycles. The van der Waals surface area contributed by atoms with Crippen molar-refractivity contribution in [3.63, 3.8) is 0 Å². The molecule has 0 atom stereocenters. The second-order valence-electron chi connectivity index (χ2n) is 2.84. The predicted octanol–water partition coefficient (Wildman–Crippen LogP) is 2.81. The summed E-state index contributed by atoms with van der Waals surface area (Å²) in [5.41, 5.74) is 1.91. The van der Waals surface area contributed by atoms with Crippen LogP contribution >= 0.6 is 23.2 Å². The number of carbonyl (C=O) groups is 2. The van der Waals surface area contributed by atoms with Crippen LogP contribution in [0.15, 0.2) is 18.2 Å². The number of carbonyl (C=O) groups excluding carboxylic acids is 2. The molecule has 0 aliphatic carbocycles. The molecule has 1 rings (SSSR count). The van der Waals surface area contributed by atoms with Crippen molar-refractivity contribution in [1.82, 2.24) is 5.48 Å².